The number of hydrogen-bond donors (Lipinski definition) is 0. The maximum Gasteiger partial charge on any atom is 0.317 e. The van der Waals surface area contributed by atoms with Gasteiger partial charge in [0.05, 0.1) is 5.41 Å². The average molecular weight is 296 g/mol. The first-order chi connectivity index (χ1) is 10.5. The van der Waals surface area contributed by atoms with Crippen molar-refractivity contribution >= 4 is 11.7 Å². The SMILES string of the molecule is CC1(C)C(=O)OC(c2ccccc2)=CC1c1ccc(F)cc1. The molecule has 0 bridgehead atoms. The zero-order valence-corrected chi connectivity index (χ0v) is 12.5. The van der Waals surface area contributed by atoms with Gasteiger partial charge in [0, 0.05) is 11.5 Å². The van der Waals surface area contributed by atoms with Crippen molar-refractivity contribution in [1.82, 2.24) is 0 Å². The summed E-state index contributed by atoms with van der Waals surface area (Å²) in [6, 6.07) is 15.8. The molecule has 0 saturated carbocycles. The van der Waals surface area contributed by atoms with Gasteiger partial charge in [0.15, 0.2) is 0 Å². The van der Waals surface area contributed by atoms with Crippen LogP contribution in [0.2, 0.25) is 0 Å². The van der Waals surface area contributed by atoms with E-state index in [0.717, 1.165) is 11.1 Å². The number of hydrogen-bond acceptors (Lipinski definition) is 2. The second-order valence-corrected chi connectivity index (χ2v) is 6.04. The van der Waals surface area contributed by atoms with E-state index in [0.29, 0.717) is 5.76 Å². The Hall–Kier alpha value is -2.42. The number of carbonyl (C=O) groups excluding carboxylic acids is 1. The van der Waals surface area contributed by atoms with Gasteiger partial charge in [-0.05, 0) is 37.6 Å². The monoisotopic (exact) mass is 296 g/mol. The van der Waals surface area contributed by atoms with E-state index < -0.39 is 5.41 Å². The number of ether oxygens (including phenoxy) is 1. The molecule has 1 aliphatic heterocycles. The zero-order chi connectivity index (χ0) is 15.7. The van der Waals surface area contributed by atoms with Gasteiger partial charge in [-0.2, -0.15) is 0 Å². The van der Waals surface area contributed by atoms with Crippen LogP contribution in [0.25, 0.3) is 5.76 Å². The van der Waals surface area contributed by atoms with E-state index in [1.54, 1.807) is 12.1 Å². The van der Waals surface area contributed by atoms with Crippen molar-refractivity contribution in [1.29, 1.82) is 0 Å². The van der Waals surface area contributed by atoms with Gasteiger partial charge >= 0.3 is 5.97 Å². The zero-order valence-electron chi connectivity index (χ0n) is 12.5. The molecule has 112 valence electrons. The average Bonchev–Trinajstić information content (AvgIpc) is 2.52. The largest absolute Gasteiger partial charge is 0.426 e. The predicted octanol–water partition coefficient (Wildman–Crippen LogP) is 4.53. The first kappa shape index (κ1) is 14.5. The molecule has 22 heavy (non-hydrogen) atoms. The number of esters is 1. The summed E-state index contributed by atoms with van der Waals surface area (Å²) in [7, 11) is 0. The van der Waals surface area contributed by atoms with E-state index in [4.69, 9.17) is 4.74 Å². The Kier molecular flexibility index (Phi) is 3.57. The quantitative estimate of drug-likeness (QED) is 0.761. The Morgan fingerprint density at radius 2 is 1.64 bits per heavy atom. The van der Waals surface area contributed by atoms with Gasteiger partial charge in [0.2, 0.25) is 0 Å². The van der Waals surface area contributed by atoms with Crippen LogP contribution in [0.5, 0.6) is 0 Å². The van der Waals surface area contributed by atoms with Crippen LogP contribution in [0.3, 0.4) is 0 Å². The number of cyclic esters (lactones) is 1. The summed E-state index contributed by atoms with van der Waals surface area (Å²) in [5.41, 5.74) is 1.06. The Bertz CT molecular complexity index is 715. The fourth-order valence-electron chi connectivity index (χ4n) is 2.69. The fraction of sp³-hybridized carbons (Fsp3) is 0.211. The third kappa shape index (κ3) is 2.54. The molecule has 1 unspecified atom stereocenters. The van der Waals surface area contributed by atoms with Crippen molar-refractivity contribution in [2.45, 2.75) is 19.8 Å². The van der Waals surface area contributed by atoms with E-state index in [9.17, 15) is 9.18 Å². The molecule has 3 rings (SSSR count). The van der Waals surface area contributed by atoms with Crippen LogP contribution in [-0.4, -0.2) is 5.97 Å². The second kappa shape index (κ2) is 5.41. The number of benzene rings is 2. The van der Waals surface area contributed by atoms with Gasteiger partial charge in [-0.1, -0.05) is 42.5 Å². The van der Waals surface area contributed by atoms with Crippen LogP contribution in [-0.2, 0) is 9.53 Å². The molecule has 1 heterocycles. The van der Waals surface area contributed by atoms with Crippen LogP contribution < -0.4 is 0 Å². The van der Waals surface area contributed by atoms with E-state index in [1.807, 2.05) is 50.3 Å². The minimum absolute atomic E-state index is 0.162. The molecule has 0 fully saturated rings. The molecule has 2 aromatic rings. The van der Waals surface area contributed by atoms with Crippen molar-refractivity contribution < 1.29 is 13.9 Å². The maximum atomic E-state index is 13.2. The highest BCUT2D eigenvalue weighted by Gasteiger charge is 2.42. The lowest BCUT2D eigenvalue weighted by atomic mass is 9.73. The van der Waals surface area contributed by atoms with E-state index in [1.165, 1.54) is 12.1 Å². The highest BCUT2D eigenvalue weighted by atomic mass is 19.1. The minimum Gasteiger partial charge on any atom is -0.426 e. The van der Waals surface area contributed by atoms with Gasteiger partial charge in [-0.25, -0.2) is 4.39 Å². The Morgan fingerprint density at radius 1 is 1.00 bits per heavy atom. The van der Waals surface area contributed by atoms with E-state index in [-0.39, 0.29) is 17.7 Å². The van der Waals surface area contributed by atoms with Crippen molar-refractivity contribution in [2.24, 2.45) is 5.41 Å². The first-order valence-corrected chi connectivity index (χ1v) is 7.23. The summed E-state index contributed by atoms with van der Waals surface area (Å²) in [6.45, 7) is 3.70. The Morgan fingerprint density at radius 3 is 2.27 bits per heavy atom. The molecule has 0 radical (unpaired) electrons. The lowest BCUT2D eigenvalue weighted by molar-refractivity contribution is -0.148. The molecule has 3 heteroatoms. The molecule has 2 aromatic carbocycles. The molecule has 0 aromatic heterocycles. The van der Waals surface area contributed by atoms with Gasteiger partial charge in [-0.3, -0.25) is 4.79 Å². The Balaban J connectivity index is 2.08. The third-order valence-electron chi connectivity index (χ3n) is 4.11. The van der Waals surface area contributed by atoms with Gasteiger partial charge < -0.3 is 4.74 Å². The summed E-state index contributed by atoms with van der Waals surface area (Å²) < 4.78 is 18.7. The van der Waals surface area contributed by atoms with Crippen molar-refractivity contribution in [2.75, 3.05) is 0 Å². The molecule has 0 aliphatic carbocycles. The highest BCUT2D eigenvalue weighted by Crippen LogP contribution is 2.44. The minimum atomic E-state index is -0.698. The molecular formula is C19H17FO2. The standard InChI is InChI=1S/C19H17FO2/c1-19(2)16(13-8-10-15(20)11-9-13)12-17(22-18(19)21)14-6-4-3-5-7-14/h3-12,16H,1-2H3. The summed E-state index contributed by atoms with van der Waals surface area (Å²) in [5, 5.41) is 0. The fourth-order valence-corrected chi connectivity index (χ4v) is 2.69. The lowest BCUT2D eigenvalue weighted by Gasteiger charge is -2.35. The van der Waals surface area contributed by atoms with Crippen LogP contribution in [0.1, 0.15) is 30.9 Å². The first-order valence-electron chi connectivity index (χ1n) is 7.23. The summed E-state index contributed by atoms with van der Waals surface area (Å²) in [6.07, 6.45) is 1.95. The van der Waals surface area contributed by atoms with Gasteiger partial charge in [0.1, 0.15) is 11.6 Å². The second-order valence-electron chi connectivity index (χ2n) is 6.04. The number of carbonyl (C=O) groups is 1. The van der Waals surface area contributed by atoms with Gasteiger partial charge in [-0.15, -0.1) is 0 Å². The Labute approximate surface area is 129 Å². The van der Waals surface area contributed by atoms with Crippen LogP contribution in [0, 0.1) is 11.2 Å². The maximum absolute atomic E-state index is 13.2. The van der Waals surface area contributed by atoms with Crippen LogP contribution >= 0.6 is 0 Å². The van der Waals surface area contributed by atoms with Crippen molar-refractivity contribution in [3.05, 3.63) is 77.6 Å². The predicted molar refractivity (Wildman–Crippen MR) is 83.4 cm³/mol. The molecule has 1 aliphatic rings. The molecule has 2 nitrogen and oxygen atoms in total. The summed E-state index contributed by atoms with van der Waals surface area (Å²) in [5.74, 6) is -0.167. The summed E-state index contributed by atoms with van der Waals surface area (Å²) in [4.78, 5) is 12.4. The van der Waals surface area contributed by atoms with E-state index in [2.05, 4.69) is 0 Å². The molecule has 0 N–H and O–H groups in total. The molecule has 0 amide bonds. The molecule has 0 spiro atoms. The smallest absolute Gasteiger partial charge is 0.317 e. The van der Waals surface area contributed by atoms with Crippen molar-refractivity contribution in [3.63, 3.8) is 0 Å². The third-order valence-corrected chi connectivity index (χ3v) is 4.11. The molecule has 1 atom stereocenters. The topological polar surface area (TPSA) is 26.3 Å². The number of rotatable bonds is 2. The van der Waals surface area contributed by atoms with Crippen LogP contribution in [0.15, 0.2) is 60.7 Å². The number of halogens is 1. The molecular weight excluding hydrogens is 279 g/mol. The molecule has 0 saturated heterocycles. The van der Waals surface area contributed by atoms with Crippen LogP contribution in [0.4, 0.5) is 4.39 Å². The van der Waals surface area contributed by atoms with Crippen molar-refractivity contribution in [3.8, 4) is 0 Å². The highest BCUT2D eigenvalue weighted by molar-refractivity contribution is 5.87. The van der Waals surface area contributed by atoms with Gasteiger partial charge in [0.25, 0.3) is 0 Å². The number of allylic oxidation sites excluding steroid dienone is 1. The summed E-state index contributed by atoms with van der Waals surface area (Å²) >= 11 is 0. The normalized spacial score (nSPS) is 20.2. The lowest BCUT2D eigenvalue weighted by Crippen LogP contribution is -2.35. The van der Waals surface area contributed by atoms with E-state index >= 15 is 0 Å².